The Bertz CT molecular complexity index is 1030. The summed E-state index contributed by atoms with van der Waals surface area (Å²) < 4.78 is 8.36. The third-order valence-electron chi connectivity index (χ3n) is 4.60. The van der Waals surface area contributed by atoms with Crippen LogP contribution in [-0.4, -0.2) is 7.11 Å². The first kappa shape index (κ1) is 14.3. The van der Waals surface area contributed by atoms with E-state index in [4.69, 9.17) is 4.74 Å². The van der Waals surface area contributed by atoms with Gasteiger partial charge in [0.25, 0.3) is 0 Å². The Morgan fingerprint density at radius 2 is 1.65 bits per heavy atom. The van der Waals surface area contributed by atoms with Gasteiger partial charge in [-0.25, -0.2) is 0 Å². The predicted octanol–water partition coefficient (Wildman–Crippen LogP) is 6.35. The van der Waals surface area contributed by atoms with Gasteiger partial charge in [0.2, 0.25) is 0 Å². The van der Waals surface area contributed by atoms with Crippen LogP contribution in [0.15, 0.2) is 54.6 Å². The average molecular weight is 318 g/mol. The molecule has 1 nitrogen and oxygen atoms in total. The van der Waals surface area contributed by atoms with E-state index in [1.54, 1.807) is 7.11 Å². The second kappa shape index (κ2) is 5.39. The van der Waals surface area contributed by atoms with E-state index in [2.05, 4.69) is 68.4 Å². The van der Waals surface area contributed by atoms with Crippen molar-refractivity contribution in [2.45, 2.75) is 13.8 Å². The normalized spacial score (nSPS) is 11.3. The molecule has 114 valence electrons. The molecule has 0 saturated heterocycles. The van der Waals surface area contributed by atoms with Crippen molar-refractivity contribution in [3.63, 3.8) is 0 Å². The molecule has 0 aliphatic carbocycles. The number of methoxy groups -OCH3 is 1. The standard InChI is InChI=1S/C21H18OS/c1-13-7-6-9-15(14(13)2)20-17(22-3)11-12-19-21(20)16-8-4-5-10-18(16)23-19/h4-12H,1-3H3. The Morgan fingerprint density at radius 3 is 2.48 bits per heavy atom. The Hall–Kier alpha value is -2.32. The van der Waals surface area contributed by atoms with E-state index in [1.807, 2.05) is 11.3 Å². The quantitative estimate of drug-likeness (QED) is 0.418. The fourth-order valence-corrected chi connectivity index (χ4v) is 4.37. The zero-order chi connectivity index (χ0) is 16.0. The zero-order valence-corrected chi connectivity index (χ0v) is 14.3. The fraction of sp³-hybridized carbons (Fsp3) is 0.143. The number of aryl methyl sites for hydroxylation is 1. The predicted molar refractivity (Wildman–Crippen MR) is 101 cm³/mol. The van der Waals surface area contributed by atoms with E-state index in [9.17, 15) is 0 Å². The molecular formula is C21H18OS. The van der Waals surface area contributed by atoms with Gasteiger partial charge in [0, 0.05) is 25.7 Å². The number of rotatable bonds is 2. The minimum absolute atomic E-state index is 0.940. The summed E-state index contributed by atoms with van der Waals surface area (Å²) in [6.45, 7) is 4.36. The SMILES string of the molecule is COc1ccc2sc3ccccc3c2c1-c1cccc(C)c1C. The summed E-state index contributed by atoms with van der Waals surface area (Å²) in [6, 6.07) is 19.4. The van der Waals surface area contributed by atoms with Gasteiger partial charge in [-0.05, 0) is 48.7 Å². The molecule has 0 bridgehead atoms. The third kappa shape index (κ3) is 2.13. The lowest BCUT2D eigenvalue weighted by Crippen LogP contribution is -1.92. The number of benzene rings is 3. The first-order valence-corrected chi connectivity index (χ1v) is 8.57. The molecule has 0 N–H and O–H groups in total. The molecule has 0 saturated carbocycles. The van der Waals surface area contributed by atoms with Crippen molar-refractivity contribution in [2.75, 3.05) is 7.11 Å². The lowest BCUT2D eigenvalue weighted by Gasteiger charge is -2.14. The number of fused-ring (bicyclic) bond motifs is 3. The van der Waals surface area contributed by atoms with Gasteiger partial charge in [0.1, 0.15) is 5.75 Å². The first-order chi connectivity index (χ1) is 11.2. The maximum absolute atomic E-state index is 5.73. The van der Waals surface area contributed by atoms with Crippen LogP contribution in [0.25, 0.3) is 31.3 Å². The highest BCUT2D eigenvalue weighted by molar-refractivity contribution is 7.25. The molecule has 4 aromatic rings. The summed E-state index contributed by atoms with van der Waals surface area (Å²) in [4.78, 5) is 0. The maximum Gasteiger partial charge on any atom is 0.127 e. The molecule has 0 radical (unpaired) electrons. The van der Waals surface area contributed by atoms with E-state index in [-0.39, 0.29) is 0 Å². The molecule has 1 heterocycles. The molecule has 4 rings (SSSR count). The van der Waals surface area contributed by atoms with Crippen LogP contribution in [0.1, 0.15) is 11.1 Å². The molecule has 3 aromatic carbocycles. The number of ether oxygens (including phenoxy) is 1. The second-order valence-electron chi connectivity index (χ2n) is 5.86. The second-order valence-corrected chi connectivity index (χ2v) is 6.95. The van der Waals surface area contributed by atoms with Crippen molar-refractivity contribution in [3.05, 3.63) is 65.7 Å². The Morgan fingerprint density at radius 1 is 0.826 bits per heavy atom. The largest absolute Gasteiger partial charge is 0.496 e. The minimum Gasteiger partial charge on any atom is -0.496 e. The molecule has 0 fully saturated rings. The smallest absolute Gasteiger partial charge is 0.127 e. The molecule has 2 heteroatoms. The van der Waals surface area contributed by atoms with Crippen molar-refractivity contribution >= 4 is 31.5 Å². The van der Waals surface area contributed by atoms with Crippen LogP contribution in [0.5, 0.6) is 5.75 Å². The van der Waals surface area contributed by atoms with Gasteiger partial charge in [-0.2, -0.15) is 0 Å². The van der Waals surface area contributed by atoms with Crippen molar-refractivity contribution < 1.29 is 4.74 Å². The van der Waals surface area contributed by atoms with Crippen molar-refractivity contribution in [3.8, 4) is 16.9 Å². The van der Waals surface area contributed by atoms with Crippen molar-refractivity contribution in [1.82, 2.24) is 0 Å². The molecule has 0 atom stereocenters. The molecule has 0 aliphatic rings. The monoisotopic (exact) mass is 318 g/mol. The lowest BCUT2D eigenvalue weighted by molar-refractivity contribution is 0.417. The van der Waals surface area contributed by atoms with Crippen LogP contribution < -0.4 is 4.74 Å². The van der Waals surface area contributed by atoms with E-state index < -0.39 is 0 Å². The van der Waals surface area contributed by atoms with Gasteiger partial charge >= 0.3 is 0 Å². The number of hydrogen-bond donors (Lipinski definition) is 0. The van der Waals surface area contributed by atoms with Crippen molar-refractivity contribution in [2.24, 2.45) is 0 Å². The van der Waals surface area contributed by atoms with Crippen LogP contribution in [0, 0.1) is 13.8 Å². The molecule has 0 aliphatic heterocycles. The fourth-order valence-electron chi connectivity index (χ4n) is 3.26. The number of thiophene rings is 1. The van der Waals surface area contributed by atoms with Crippen LogP contribution in [0.2, 0.25) is 0 Å². The molecule has 0 amide bonds. The number of hydrogen-bond acceptors (Lipinski definition) is 2. The summed E-state index contributed by atoms with van der Waals surface area (Å²) in [6.07, 6.45) is 0. The van der Waals surface area contributed by atoms with Crippen LogP contribution in [0.3, 0.4) is 0 Å². The summed E-state index contributed by atoms with van der Waals surface area (Å²) in [5, 5.41) is 2.61. The highest BCUT2D eigenvalue weighted by atomic mass is 32.1. The molecule has 1 aromatic heterocycles. The van der Waals surface area contributed by atoms with Gasteiger partial charge in [-0.1, -0.05) is 36.4 Å². The summed E-state index contributed by atoms with van der Waals surface area (Å²) >= 11 is 1.84. The Labute approximate surface area is 140 Å². The van der Waals surface area contributed by atoms with E-state index in [1.165, 1.54) is 42.4 Å². The van der Waals surface area contributed by atoms with Gasteiger partial charge in [-0.3, -0.25) is 0 Å². The molecular weight excluding hydrogens is 300 g/mol. The topological polar surface area (TPSA) is 9.23 Å². The van der Waals surface area contributed by atoms with E-state index >= 15 is 0 Å². The summed E-state index contributed by atoms with van der Waals surface area (Å²) in [7, 11) is 1.75. The summed E-state index contributed by atoms with van der Waals surface area (Å²) in [5.74, 6) is 0.940. The molecule has 0 unspecified atom stereocenters. The lowest BCUT2D eigenvalue weighted by atomic mass is 9.93. The van der Waals surface area contributed by atoms with E-state index in [0.29, 0.717) is 0 Å². The first-order valence-electron chi connectivity index (χ1n) is 7.75. The average Bonchev–Trinajstić information content (AvgIpc) is 2.95. The zero-order valence-electron chi connectivity index (χ0n) is 13.5. The van der Waals surface area contributed by atoms with E-state index in [0.717, 1.165) is 5.75 Å². The molecule has 23 heavy (non-hydrogen) atoms. The van der Waals surface area contributed by atoms with Gasteiger partial charge in [-0.15, -0.1) is 11.3 Å². The van der Waals surface area contributed by atoms with Gasteiger partial charge in [0.05, 0.1) is 7.11 Å². The highest BCUT2D eigenvalue weighted by Crippen LogP contribution is 2.45. The third-order valence-corrected chi connectivity index (χ3v) is 5.74. The van der Waals surface area contributed by atoms with Crippen LogP contribution in [0.4, 0.5) is 0 Å². The highest BCUT2D eigenvalue weighted by Gasteiger charge is 2.17. The Kier molecular flexibility index (Phi) is 3.35. The maximum atomic E-state index is 5.73. The minimum atomic E-state index is 0.940. The van der Waals surface area contributed by atoms with Gasteiger partial charge in [0.15, 0.2) is 0 Å². The van der Waals surface area contributed by atoms with Crippen LogP contribution in [-0.2, 0) is 0 Å². The van der Waals surface area contributed by atoms with Crippen molar-refractivity contribution in [1.29, 1.82) is 0 Å². The van der Waals surface area contributed by atoms with Crippen LogP contribution >= 0.6 is 11.3 Å². The Balaban J connectivity index is 2.21. The molecule has 0 spiro atoms. The summed E-state index contributed by atoms with van der Waals surface area (Å²) in [5.41, 5.74) is 5.09. The van der Waals surface area contributed by atoms with Gasteiger partial charge < -0.3 is 4.74 Å².